The first-order chi connectivity index (χ1) is 13.6. The lowest BCUT2D eigenvalue weighted by molar-refractivity contribution is -0.113. The number of rotatable bonds is 4. The molecule has 1 atom stereocenters. The summed E-state index contributed by atoms with van der Waals surface area (Å²) in [6, 6.07) is 12.5. The second-order valence-electron chi connectivity index (χ2n) is 6.33. The fraction of sp³-hybridized carbons (Fsp3) is 0.150. The number of allylic oxidation sites excluding steroid dienone is 1. The normalized spacial score (nSPS) is 15.6. The van der Waals surface area contributed by atoms with E-state index in [9.17, 15) is 9.18 Å². The lowest BCUT2D eigenvalue weighted by Gasteiger charge is -2.28. The van der Waals surface area contributed by atoms with E-state index in [2.05, 4.69) is 20.7 Å². The highest BCUT2D eigenvalue weighted by Crippen LogP contribution is 2.35. The highest BCUT2D eigenvalue weighted by Gasteiger charge is 2.33. The van der Waals surface area contributed by atoms with Gasteiger partial charge in [-0.1, -0.05) is 12.1 Å². The number of fused-ring (bicyclic) bond motifs is 1. The number of aromatic nitrogens is 3. The predicted octanol–water partition coefficient (Wildman–Crippen LogP) is 3.35. The molecule has 1 aliphatic rings. The Morgan fingerprint density at radius 3 is 2.75 bits per heavy atom. The molecule has 1 aliphatic heterocycles. The zero-order valence-electron chi connectivity index (χ0n) is 15.3. The molecule has 7 nitrogen and oxygen atoms in total. The minimum Gasteiger partial charge on any atom is -0.497 e. The van der Waals surface area contributed by atoms with Crippen LogP contribution in [0.25, 0.3) is 0 Å². The summed E-state index contributed by atoms with van der Waals surface area (Å²) < 4.78 is 20.6. The number of nitrogens with one attached hydrogen (secondary N) is 2. The van der Waals surface area contributed by atoms with Gasteiger partial charge in [0.2, 0.25) is 5.95 Å². The third kappa shape index (κ3) is 3.20. The van der Waals surface area contributed by atoms with E-state index in [0.717, 1.165) is 0 Å². The van der Waals surface area contributed by atoms with Crippen LogP contribution in [0.2, 0.25) is 0 Å². The van der Waals surface area contributed by atoms with Crippen molar-refractivity contribution >= 4 is 17.5 Å². The van der Waals surface area contributed by atoms with Crippen LogP contribution in [-0.4, -0.2) is 27.8 Å². The molecular weight excluding hydrogens is 361 g/mol. The molecule has 0 radical (unpaired) electrons. The Labute approximate surface area is 160 Å². The van der Waals surface area contributed by atoms with E-state index in [-0.39, 0.29) is 11.7 Å². The van der Waals surface area contributed by atoms with Gasteiger partial charge in [-0.25, -0.2) is 9.07 Å². The number of methoxy groups -OCH3 is 1. The van der Waals surface area contributed by atoms with Crippen molar-refractivity contribution in [1.82, 2.24) is 14.8 Å². The molecular formula is C20H18FN5O2. The van der Waals surface area contributed by atoms with Crippen LogP contribution in [0.3, 0.4) is 0 Å². The van der Waals surface area contributed by atoms with Gasteiger partial charge in [0, 0.05) is 11.4 Å². The maximum atomic E-state index is 13.9. The monoisotopic (exact) mass is 379 g/mol. The molecule has 0 bridgehead atoms. The van der Waals surface area contributed by atoms with E-state index in [0.29, 0.717) is 34.2 Å². The van der Waals surface area contributed by atoms with Crippen molar-refractivity contribution < 1.29 is 13.9 Å². The van der Waals surface area contributed by atoms with Crippen molar-refractivity contribution in [2.45, 2.75) is 13.0 Å². The van der Waals surface area contributed by atoms with Gasteiger partial charge in [0.05, 0.1) is 12.7 Å². The Morgan fingerprint density at radius 2 is 2.04 bits per heavy atom. The van der Waals surface area contributed by atoms with Gasteiger partial charge in [-0.2, -0.15) is 10.1 Å². The fourth-order valence-electron chi connectivity index (χ4n) is 3.24. The summed E-state index contributed by atoms with van der Waals surface area (Å²) in [5.74, 6) is 0.487. The van der Waals surface area contributed by atoms with Gasteiger partial charge in [-0.05, 0) is 48.9 Å². The summed E-state index contributed by atoms with van der Waals surface area (Å²) >= 11 is 0. The molecule has 0 fully saturated rings. The van der Waals surface area contributed by atoms with E-state index in [1.807, 2.05) is 0 Å². The van der Waals surface area contributed by atoms with Crippen LogP contribution in [0.15, 0.2) is 66.1 Å². The number of carbonyl (C=O) groups excluding carboxylic acids is 1. The average molecular weight is 379 g/mol. The molecule has 28 heavy (non-hydrogen) atoms. The molecule has 2 aromatic carbocycles. The van der Waals surface area contributed by atoms with Crippen LogP contribution >= 0.6 is 0 Å². The SMILES string of the molecule is COc1ccc(NC(=O)C2=C(C)Nc3ncnn3[C@H]2c2cccc(F)c2)cc1. The molecule has 0 aliphatic carbocycles. The van der Waals surface area contributed by atoms with Gasteiger partial charge in [-0.3, -0.25) is 4.79 Å². The van der Waals surface area contributed by atoms with Gasteiger partial charge >= 0.3 is 0 Å². The first-order valence-electron chi connectivity index (χ1n) is 8.65. The Bertz CT molecular complexity index is 1060. The minimum atomic E-state index is -0.604. The van der Waals surface area contributed by atoms with Crippen LogP contribution in [-0.2, 0) is 4.79 Å². The lowest BCUT2D eigenvalue weighted by Crippen LogP contribution is -2.31. The minimum absolute atomic E-state index is 0.314. The van der Waals surface area contributed by atoms with Gasteiger partial charge < -0.3 is 15.4 Å². The molecule has 3 aromatic rings. The highest BCUT2D eigenvalue weighted by atomic mass is 19.1. The first kappa shape index (κ1) is 17.7. The van der Waals surface area contributed by atoms with Gasteiger partial charge in [-0.15, -0.1) is 0 Å². The van der Waals surface area contributed by atoms with Crippen LogP contribution < -0.4 is 15.4 Å². The second kappa shape index (κ2) is 7.15. The summed E-state index contributed by atoms with van der Waals surface area (Å²) in [5, 5.41) is 10.2. The van der Waals surface area contributed by atoms with Crippen LogP contribution in [0.5, 0.6) is 5.75 Å². The molecule has 1 aromatic heterocycles. The highest BCUT2D eigenvalue weighted by molar-refractivity contribution is 6.06. The average Bonchev–Trinajstić information content (AvgIpc) is 3.15. The number of benzene rings is 2. The topological polar surface area (TPSA) is 81.1 Å². The summed E-state index contributed by atoms with van der Waals surface area (Å²) in [4.78, 5) is 17.3. The van der Waals surface area contributed by atoms with Crippen molar-refractivity contribution in [3.63, 3.8) is 0 Å². The van der Waals surface area contributed by atoms with Crippen molar-refractivity contribution in [2.75, 3.05) is 17.7 Å². The molecule has 1 amide bonds. The Hall–Kier alpha value is -3.68. The zero-order valence-corrected chi connectivity index (χ0v) is 15.3. The van der Waals surface area contributed by atoms with E-state index < -0.39 is 6.04 Å². The number of halogens is 1. The summed E-state index contributed by atoms with van der Waals surface area (Å²) in [6.45, 7) is 1.79. The molecule has 0 unspecified atom stereocenters. The van der Waals surface area contributed by atoms with E-state index in [1.165, 1.54) is 18.5 Å². The van der Waals surface area contributed by atoms with E-state index in [1.54, 1.807) is 55.1 Å². The molecule has 8 heteroatoms. The fourth-order valence-corrected chi connectivity index (χ4v) is 3.24. The molecule has 2 heterocycles. The van der Waals surface area contributed by atoms with Gasteiger partial charge in [0.25, 0.3) is 5.91 Å². The maximum Gasteiger partial charge on any atom is 0.255 e. The number of anilines is 2. The van der Waals surface area contributed by atoms with Crippen LogP contribution in [0.1, 0.15) is 18.5 Å². The van der Waals surface area contributed by atoms with E-state index >= 15 is 0 Å². The number of hydrogen-bond donors (Lipinski definition) is 2. The quantitative estimate of drug-likeness (QED) is 0.727. The molecule has 0 spiro atoms. The number of ether oxygens (including phenoxy) is 1. The number of carbonyl (C=O) groups is 1. The zero-order chi connectivity index (χ0) is 19.7. The first-order valence-corrected chi connectivity index (χ1v) is 8.65. The smallest absolute Gasteiger partial charge is 0.255 e. The van der Waals surface area contributed by atoms with Crippen molar-refractivity contribution in [3.8, 4) is 5.75 Å². The largest absolute Gasteiger partial charge is 0.497 e. The maximum absolute atomic E-state index is 13.9. The van der Waals surface area contributed by atoms with Gasteiger partial charge in [0.1, 0.15) is 23.9 Å². The molecule has 0 saturated carbocycles. The predicted molar refractivity (Wildman–Crippen MR) is 103 cm³/mol. The standard InChI is InChI=1S/C20H18FN5O2/c1-12-17(19(27)25-15-6-8-16(28-2)9-7-15)18(13-4-3-5-14(21)10-13)26-20(24-12)22-11-23-26/h3-11,18H,1-2H3,(H,25,27)(H,22,23,24)/t18-/m0/s1. The summed E-state index contributed by atoms with van der Waals surface area (Å²) in [7, 11) is 1.58. The number of hydrogen-bond acceptors (Lipinski definition) is 5. The third-order valence-electron chi connectivity index (χ3n) is 4.55. The Balaban J connectivity index is 1.72. The Kier molecular flexibility index (Phi) is 4.52. The lowest BCUT2D eigenvalue weighted by atomic mass is 9.95. The van der Waals surface area contributed by atoms with Crippen LogP contribution in [0.4, 0.5) is 16.0 Å². The van der Waals surface area contributed by atoms with Gasteiger partial charge in [0.15, 0.2) is 0 Å². The summed E-state index contributed by atoms with van der Waals surface area (Å²) in [5.41, 5.74) is 2.28. The van der Waals surface area contributed by atoms with Crippen molar-refractivity contribution in [3.05, 3.63) is 77.5 Å². The molecule has 142 valence electrons. The molecule has 2 N–H and O–H groups in total. The third-order valence-corrected chi connectivity index (χ3v) is 4.55. The van der Waals surface area contributed by atoms with Crippen LogP contribution in [0, 0.1) is 5.82 Å². The summed E-state index contributed by atoms with van der Waals surface area (Å²) in [6.07, 6.45) is 1.40. The van der Waals surface area contributed by atoms with E-state index in [4.69, 9.17) is 4.74 Å². The number of nitrogens with zero attached hydrogens (tertiary/aromatic N) is 3. The van der Waals surface area contributed by atoms with Crippen molar-refractivity contribution in [1.29, 1.82) is 0 Å². The molecule has 0 saturated heterocycles. The molecule has 4 rings (SSSR count). The van der Waals surface area contributed by atoms with Crippen molar-refractivity contribution in [2.24, 2.45) is 0 Å². The second-order valence-corrected chi connectivity index (χ2v) is 6.33. The number of amides is 1. The Morgan fingerprint density at radius 1 is 1.25 bits per heavy atom.